The van der Waals surface area contributed by atoms with Gasteiger partial charge in [-0.15, -0.1) is 11.8 Å². The number of carbonyl (C=O) groups excluding carboxylic acids is 2. The van der Waals surface area contributed by atoms with Gasteiger partial charge >= 0.3 is 0 Å². The number of allylic oxidation sites excluding steroid dienone is 3. The Morgan fingerprint density at radius 3 is 2.55 bits per heavy atom. The molecule has 31 heavy (non-hydrogen) atoms. The number of benzene rings is 2. The number of halogens is 2. The molecule has 2 aliphatic rings. The molecule has 1 heterocycles. The highest BCUT2D eigenvalue weighted by Gasteiger charge is 2.38. The molecular formula is C24H22F2N2O2S. The summed E-state index contributed by atoms with van der Waals surface area (Å²) in [5.74, 6) is -2.65. The van der Waals surface area contributed by atoms with Crippen molar-refractivity contribution in [2.24, 2.45) is 0 Å². The summed E-state index contributed by atoms with van der Waals surface area (Å²) in [5.41, 5.74) is 3.13. The molecule has 0 spiro atoms. The minimum absolute atomic E-state index is 0.0125. The molecule has 2 aromatic rings. The molecular weight excluding hydrogens is 418 g/mol. The topological polar surface area (TPSA) is 58.2 Å². The first kappa shape index (κ1) is 21.3. The van der Waals surface area contributed by atoms with E-state index in [2.05, 4.69) is 10.6 Å². The number of thioether (sulfide) groups is 1. The molecule has 0 aromatic heterocycles. The van der Waals surface area contributed by atoms with E-state index in [1.54, 1.807) is 18.7 Å². The number of nitrogens with one attached hydrogen (secondary N) is 2. The van der Waals surface area contributed by atoms with Crippen LogP contribution in [0.5, 0.6) is 0 Å². The molecule has 0 saturated carbocycles. The van der Waals surface area contributed by atoms with Crippen molar-refractivity contribution >= 4 is 29.1 Å². The van der Waals surface area contributed by atoms with Gasteiger partial charge in [0.25, 0.3) is 5.91 Å². The predicted molar refractivity (Wildman–Crippen MR) is 118 cm³/mol. The molecule has 1 unspecified atom stereocenters. The van der Waals surface area contributed by atoms with Crippen molar-refractivity contribution in [1.29, 1.82) is 0 Å². The fourth-order valence-corrected chi connectivity index (χ4v) is 4.60. The van der Waals surface area contributed by atoms with Crippen molar-refractivity contribution in [3.8, 4) is 0 Å². The van der Waals surface area contributed by atoms with Crippen molar-refractivity contribution in [1.82, 2.24) is 5.32 Å². The van der Waals surface area contributed by atoms with Crippen molar-refractivity contribution in [2.45, 2.75) is 37.0 Å². The molecule has 2 N–H and O–H groups in total. The molecule has 1 atom stereocenters. The van der Waals surface area contributed by atoms with E-state index in [0.29, 0.717) is 23.3 Å². The monoisotopic (exact) mass is 440 g/mol. The number of amides is 1. The van der Waals surface area contributed by atoms with Crippen LogP contribution in [-0.2, 0) is 9.59 Å². The lowest BCUT2D eigenvalue weighted by Gasteiger charge is -2.34. The smallest absolute Gasteiger partial charge is 0.254 e. The quantitative estimate of drug-likeness (QED) is 0.634. The summed E-state index contributed by atoms with van der Waals surface area (Å²) < 4.78 is 27.4. The Labute approximate surface area is 183 Å². The highest BCUT2D eigenvalue weighted by molar-refractivity contribution is 7.98. The lowest BCUT2D eigenvalue weighted by atomic mass is 9.75. The average Bonchev–Trinajstić information content (AvgIpc) is 2.75. The normalized spacial score (nSPS) is 18.6. The number of hydrogen-bond acceptors (Lipinski definition) is 4. The maximum absolute atomic E-state index is 14.2. The fourth-order valence-electron chi connectivity index (χ4n) is 4.19. The summed E-state index contributed by atoms with van der Waals surface area (Å²) in [6, 6.07) is 10.8. The van der Waals surface area contributed by atoms with Crippen LogP contribution in [0, 0.1) is 11.6 Å². The number of Topliss-reactive ketones (excluding diaryl/α,β-unsaturated/α-hetero) is 1. The first-order valence-electron chi connectivity index (χ1n) is 10.0. The number of dihydropyridines is 1. The second-order valence-corrected chi connectivity index (χ2v) is 8.50. The van der Waals surface area contributed by atoms with E-state index in [0.717, 1.165) is 41.1 Å². The van der Waals surface area contributed by atoms with Gasteiger partial charge in [0.2, 0.25) is 0 Å². The summed E-state index contributed by atoms with van der Waals surface area (Å²) in [4.78, 5) is 27.3. The highest BCUT2D eigenvalue weighted by atomic mass is 32.2. The molecule has 4 rings (SSSR count). The lowest BCUT2D eigenvalue weighted by molar-refractivity contribution is -0.116. The Morgan fingerprint density at radius 1 is 1.13 bits per heavy atom. The zero-order valence-corrected chi connectivity index (χ0v) is 18.0. The molecule has 1 aliphatic heterocycles. The summed E-state index contributed by atoms with van der Waals surface area (Å²) >= 11 is 1.60. The summed E-state index contributed by atoms with van der Waals surface area (Å²) in [6.45, 7) is 1.78. The zero-order valence-electron chi connectivity index (χ0n) is 17.2. The van der Waals surface area contributed by atoms with Crippen LogP contribution in [0.3, 0.4) is 0 Å². The molecule has 4 nitrogen and oxygen atoms in total. The van der Waals surface area contributed by atoms with Crippen LogP contribution < -0.4 is 10.6 Å². The Balaban J connectivity index is 1.77. The van der Waals surface area contributed by atoms with Gasteiger partial charge in [0, 0.05) is 45.8 Å². The van der Waals surface area contributed by atoms with Crippen LogP contribution in [0.1, 0.15) is 37.7 Å². The lowest BCUT2D eigenvalue weighted by Crippen LogP contribution is -2.35. The van der Waals surface area contributed by atoms with E-state index < -0.39 is 23.5 Å². The van der Waals surface area contributed by atoms with E-state index in [9.17, 15) is 18.4 Å². The largest absolute Gasteiger partial charge is 0.362 e. The molecule has 0 fully saturated rings. The fraction of sp³-hybridized carbons (Fsp3) is 0.250. The predicted octanol–water partition coefficient (Wildman–Crippen LogP) is 5.29. The summed E-state index contributed by atoms with van der Waals surface area (Å²) in [5, 5.41) is 5.78. The van der Waals surface area contributed by atoms with E-state index in [4.69, 9.17) is 0 Å². The van der Waals surface area contributed by atoms with Gasteiger partial charge in [-0.2, -0.15) is 0 Å². The third-order valence-corrected chi connectivity index (χ3v) is 6.39. The SMILES string of the molecule is CSc1ccc(C2C(C(=O)Nc3ccc(F)cc3F)=C(C)NC3=C2C(=O)CCC3)cc1. The molecule has 1 aliphatic carbocycles. The second-order valence-electron chi connectivity index (χ2n) is 7.62. The third-order valence-electron chi connectivity index (χ3n) is 5.65. The minimum atomic E-state index is -0.857. The van der Waals surface area contributed by atoms with Crippen LogP contribution in [0.15, 0.2) is 69.9 Å². The van der Waals surface area contributed by atoms with Gasteiger partial charge in [0.15, 0.2) is 5.78 Å². The maximum atomic E-state index is 14.2. The number of hydrogen-bond donors (Lipinski definition) is 2. The molecule has 1 amide bonds. The van der Waals surface area contributed by atoms with E-state index in [-0.39, 0.29) is 11.5 Å². The van der Waals surface area contributed by atoms with Crippen LogP contribution >= 0.6 is 11.8 Å². The van der Waals surface area contributed by atoms with E-state index >= 15 is 0 Å². The Kier molecular flexibility index (Phi) is 5.96. The molecule has 2 aromatic carbocycles. The van der Waals surface area contributed by atoms with Crippen LogP contribution in [-0.4, -0.2) is 17.9 Å². The van der Waals surface area contributed by atoms with Crippen LogP contribution in [0.4, 0.5) is 14.5 Å². The van der Waals surface area contributed by atoms with Crippen molar-refractivity contribution in [3.05, 3.63) is 82.2 Å². The van der Waals surface area contributed by atoms with Crippen molar-refractivity contribution in [3.63, 3.8) is 0 Å². The average molecular weight is 441 g/mol. The molecule has 7 heteroatoms. The van der Waals surface area contributed by atoms with Crippen LogP contribution in [0.25, 0.3) is 0 Å². The third kappa shape index (κ3) is 4.14. The van der Waals surface area contributed by atoms with Gasteiger partial charge < -0.3 is 10.6 Å². The first-order chi connectivity index (χ1) is 14.9. The van der Waals surface area contributed by atoms with Gasteiger partial charge in [-0.05, 0) is 55.9 Å². The van der Waals surface area contributed by atoms with Crippen molar-refractivity contribution in [2.75, 3.05) is 11.6 Å². The van der Waals surface area contributed by atoms with Gasteiger partial charge in [-0.3, -0.25) is 9.59 Å². The summed E-state index contributed by atoms with van der Waals surface area (Å²) in [6.07, 6.45) is 3.91. The first-order valence-corrected chi connectivity index (χ1v) is 11.3. The Hall–Kier alpha value is -2.93. The molecule has 0 bridgehead atoms. The van der Waals surface area contributed by atoms with Gasteiger partial charge in [0.1, 0.15) is 11.6 Å². The standard InChI is InChI=1S/C24H22F2N2O2S/c1-13-21(24(30)28-18-11-8-15(25)12-17(18)26)22(14-6-9-16(31-2)10-7-14)23-19(27-13)4-3-5-20(23)29/h6-12,22,27H,3-5H2,1-2H3,(H,28,30). The maximum Gasteiger partial charge on any atom is 0.254 e. The molecule has 160 valence electrons. The van der Waals surface area contributed by atoms with Gasteiger partial charge in [-0.25, -0.2) is 8.78 Å². The molecule has 0 radical (unpaired) electrons. The molecule has 0 saturated heterocycles. The van der Waals surface area contributed by atoms with Gasteiger partial charge in [-0.1, -0.05) is 12.1 Å². The van der Waals surface area contributed by atoms with E-state index in [1.807, 2.05) is 30.5 Å². The number of anilines is 1. The Morgan fingerprint density at radius 2 is 1.87 bits per heavy atom. The van der Waals surface area contributed by atoms with Crippen molar-refractivity contribution < 1.29 is 18.4 Å². The van der Waals surface area contributed by atoms with E-state index in [1.165, 1.54) is 6.07 Å². The number of rotatable bonds is 4. The zero-order chi connectivity index (χ0) is 22.1. The number of ketones is 1. The van der Waals surface area contributed by atoms with Gasteiger partial charge in [0.05, 0.1) is 5.69 Å². The van der Waals surface area contributed by atoms with Crippen LogP contribution in [0.2, 0.25) is 0 Å². The summed E-state index contributed by atoms with van der Waals surface area (Å²) in [7, 11) is 0. The Bertz CT molecular complexity index is 1120. The second kappa shape index (κ2) is 8.67. The number of carbonyl (C=O) groups is 2. The minimum Gasteiger partial charge on any atom is -0.362 e. The highest BCUT2D eigenvalue weighted by Crippen LogP contribution is 2.42.